The number of carbonyl (C=O) groups is 1. The zero-order valence-corrected chi connectivity index (χ0v) is 10.7. The molecule has 1 aliphatic heterocycles. The second-order valence-corrected chi connectivity index (χ2v) is 5.21. The van der Waals surface area contributed by atoms with Gasteiger partial charge in [-0.15, -0.1) is 0 Å². The summed E-state index contributed by atoms with van der Waals surface area (Å²) in [5.41, 5.74) is 2.18. The molecular weight excluding hydrogens is 217 g/mol. The third-order valence-electron chi connectivity index (χ3n) is 3.30. The van der Waals surface area contributed by atoms with Gasteiger partial charge in [0.05, 0.1) is 0 Å². The van der Waals surface area contributed by atoms with E-state index in [1.807, 2.05) is 33.8 Å². The van der Waals surface area contributed by atoms with Crippen molar-refractivity contribution in [3.05, 3.63) is 34.6 Å². The van der Waals surface area contributed by atoms with E-state index in [2.05, 4.69) is 0 Å². The summed E-state index contributed by atoms with van der Waals surface area (Å²) >= 11 is 0. The first-order valence-electron chi connectivity index (χ1n) is 6.05. The van der Waals surface area contributed by atoms with Crippen LogP contribution in [0.4, 0.5) is 4.39 Å². The summed E-state index contributed by atoms with van der Waals surface area (Å²) in [5.74, 6) is -0.176. The van der Waals surface area contributed by atoms with E-state index in [9.17, 15) is 9.18 Å². The first kappa shape index (κ1) is 12.1. The standard InChI is InChI=1S/C14H18FNO/c1-8(2)11-5-10-7-16(9(3)4)14(17)12(10)6-13(11)15/h5-6,8-9H,7H2,1-4H3. The molecule has 0 spiro atoms. The second-order valence-electron chi connectivity index (χ2n) is 5.21. The third kappa shape index (κ3) is 1.94. The zero-order chi connectivity index (χ0) is 12.7. The Balaban J connectivity index is 2.46. The van der Waals surface area contributed by atoms with Crippen LogP contribution >= 0.6 is 0 Å². The molecule has 0 saturated carbocycles. The predicted octanol–water partition coefficient (Wildman–Crippen LogP) is 3.31. The Morgan fingerprint density at radius 1 is 1.24 bits per heavy atom. The van der Waals surface area contributed by atoms with E-state index in [1.165, 1.54) is 6.07 Å². The van der Waals surface area contributed by atoms with Crippen molar-refractivity contribution in [2.45, 2.75) is 46.2 Å². The van der Waals surface area contributed by atoms with Crippen LogP contribution in [0.25, 0.3) is 0 Å². The number of benzene rings is 1. The molecule has 92 valence electrons. The van der Waals surface area contributed by atoms with Gasteiger partial charge >= 0.3 is 0 Å². The van der Waals surface area contributed by atoms with E-state index >= 15 is 0 Å². The predicted molar refractivity (Wildman–Crippen MR) is 65.5 cm³/mol. The SMILES string of the molecule is CC(C)c1cc2c(cc1F)C(=O)N(C(C)C)C2. The van der Waals surface area contributed by atoms with Crippen LogP contribution in [0.2, 0.25) is 0 Å². The molecule has 0 bridgehead atoms. The number of hydrogen-bond acceptors (Lipinski definition) is 1. The maximum Gasteiger partial charge on any atom is 0.254 e. The second kappa shape index (κ2) is 4.13. The summed E-state index contributed by atoms with van der Waals surface area (Å²) in [6.07, 6.45) is 0. The number of carbonyl (C=O) groups excluding carboxylic acids is 1. The van der Waals surface area contributed by atoms with E-state index in [1.54, 1.807) is 4.90 Å². The van der Waals surface area contributed by atoms with E-state index in [-0.39, 0.29) is 23.7 Å². The van der Waals surface area contributed by atoms with Gasteiger partial charge in [-0.3, -0.25) is 4.79 Å². The van der Waals surface area contributed by atoms with Gasteiger partial charge in [-0.1, -0.05) is 19.9 Å². The Morgan fingerprint density at radius 3 is 2.41 bits per heavy atom. The van der Waals surface area contributed by atoms with E-state index in [4.69, 9.17) is 0 Å². The minimum absolute atomic E-state index is 0.0517. The molecule has 0 radical (unpaired) electrons. The first-order valence-corrected chi connectivity index (χ1v) is 6.05. The van der Waals surface area contributed by atoms with Gasteiger partial charge in [0.25, 0.3) is 5.91 Å². The molecule has 0 fully saturated rings. The average molecular weight is 235 g/mol. The fraction of sp³-hybridized carbons (Fsp3) is 0.500. The number of halogens is 1. The fourth-order valence-electron chi connectivity index (χ4n) is 2.24. The highest BCUT2D eigenvalue weighted by Gasteiger charge is 2.30. The van der Waals surface area contributed by atoms with Crippen molar-refractivity contribution < 1.29 is 9.18 Å². The lowest BCUT2D eigenvalue weighted by Crippen LogP contribution is -2.30. The van der Waals surface area contributed by atoms with Crippen molar-refractivity contribution in [2.24, 2.45) is 0 Å². The topological polar surface area (TPSA) is 20.3 Å². The molecule has 0 aliphatic carbocycles. The molecule has 3 heteroatoms. The smallest absolute Gasteiger partial charge is 0.254 e. The highest BCUT2D eigenvalue weighted by molar-refractivity contribution is 5.98. The fourth-order valence-corrected chi connectivity index (χ4v) is 2.24. The molecule has 0 N–H and O–H groups in total. The highest BCUT2D eigenvalue weighted by Crippen LogP contribution is 2.29. The van der Waals surface area contributed by atoms with Crippen molar-refractivity contribution in [2.75, 3.05) is 0 Å². The lowest BCUT2D eigenvalue weighted by Gasteiger charge is -2.19. The minimum atomic E-state index is -0.266. The van der Waals surface area contributed by atoms with Gasteiger partial charge in [-0.05, 0) is 37.0 Å². The van der Waals surface area contributed by atoms with E-state index in [0.29, 0.717) is 17.7 Å². The third-order valence-corrected chi connectivity index (χ3v) is 3.30. The summed E-state index contributed by atoms with van der Waals surface area (Å²) in [6.45, 7) is 8.47. The van der Waals surface area contributed by atoms with Gasteiger partial charge in [0.1, 0.15) is 5.82 Å². The molecule has 17 heavy (non-hydrogen) atoms. The summed E-state index contributed by atoms with van der Waals surface area (Å²) < 4.78 is 13.8. The van der Waals surface area contributed by atoms with Crippen LogP contribution in [0.5, 0.6) is 0 Å². The molecule has 1 aromatic carbocycles. The van der Waals surface area contributed by atoms with Crippen molar-refractivity contribution in [3.8, 4) is 0 Å². The quantitative estimate of drug-likeness (QED) is 0.770. The van der Waals surface area contributed by atoms with Gasteiger partial charge in [-0.2, -0.15) is 0 Å². The van der Waals surface area contributed by atoms with E-state index in [0.717, 1.165) is 5.56 Å². The molecule has 0 unspecified atom stereocenters. The Hall–Kier alpha value is -1.38. The van der Waals surface area contributed by atoms with Crippen molar-refractivity contribution in [3.63, 3.8) is 0 Å². The maximum absolute atomic E-state index is 13.8. The monoisotopic (exact) mass is 235 g/mol. The summed E-state index contributed by atoms with van der Waals surface area (Å²) in [5, 5.41) is 0. The molecule has 0 aromatic heterocycles. The molecule has 1 heterocycles. The lowest BCUT2D eigenvalue weighted by atomic mass is 9.98. The Morgan fingerprint density at radius 2 is 1.88 bits per heavy atom. The van der Waals surface area contributed by atoms with Crippen LogP contribution in [0, 0.1) is 5.82 Å². The van der Waals surface area contributed by atoms with Crippen LogP contribution in [0.15, 0.2) is 12.1 Å². The zero-order valence-electron chi connectivity index (χ0n) is 10.7. The van der Waals surface area contributed by atoms with Crippen molar-refractivity contribution in [1.82, 2.24) is 4.90 Å². The highest BCUT2D eigenvalue weighted by atomic mass is 19.1. The molecule has 1 amide bonds. The van der Waals surface area contributed by atoms with Gasteiger partial charge in [0.2, 0.25) is 0 Å². The maximum atomic E-state index is 13.8. The summed E-state index contributed by atoms with van der Waals surface area (Å²) in [7, 11) is 0. The lowest BCUT2D eigenvalue weighted by molar-refractivity contribution is 0.0730. The molecule has 0 saturated heterocycles. The van der Waals surface area contributed by atoms with Gasteiger partial charge < -0.3 is 4.90 Å². The Labute approximate surface area is 101 Å². The first-order chi connectivity index (χ1) is 7.91. The number of fused-ring (bicyclic) bond motifs is 1. The molecule has 2 nitrogen and oxygen atoms in total. The number of rotatable bonds is 2. The molecule has 1 aromatic rings. The van der Waals surface area contributed by atoms with Crippen LogP contribution in [0.1, 0.15) is 55.1 Å². The Kier molecular flexibility index (Phi) is 2.94. The van der Waals surface area contributed by atoms with Crippen LogP contribution in [0.3, 0.4) is 0 Å². The normalized spacial score (nSPS) is 15.0. The summed E-state index contributed by atoms with van der Waals surface area (Å²) in [6, 6.07) is 3.39. The van der Waals surface area contributed by atoms with Crippen LogP contribution in [-0.4, -0.2) is 16.8 Å². The number of nitrogens with zero attached hydrogens (tertiary/aromatic N) is 1. The van der Waals surface area contributed by atoms with E-state index < -0.39 is 0 Å². The molecular formula is C14H18FNO. The van der Waals surface area contributed by atoms with Gasteiger partial charge in [0.15, 0.2) is 0 Å². The van der Waals surface area contributed by atoms with Gasteiger partial charge in [0, 0.05) is 18.2 Å². The Bertz CT molecular complexity index is 466. The molecule has 1 aliphatic rings. The molecule has 0 atom stereocenters. The van der Waals surface area contributed by atoms with Gasteiger partial charge in [-0.25, -0.2) is 4.39 Å². The van der Waals surface area contributed by atoms with Crippen LogP contribution < -0.4 is 0 Å². The minimum Gasteiger partial charge on any atom is -0.332 e. The largest absolute Gasteiger partial charge is 0.332 e. The van der Waals surface area contributed by atoms with Crippen molar-refractivity contribution >= 4 is 5.91 Å². The van der Waals surface area contributed by atoms with Crippen LogP contribution in [-0.2, 0) is 6.54 Å². The van der Waals surface area contributed by atoms with Crippen molar-refractivity contribution in [1.29, 1.82) is 0 Å². The average Bonchev–Trinajstić information content (AvgIpc) is 2.55. The number of hydrogen-bond donors (Lipinski definition) is 0. The summed E-state index contributed by atoms with van der Waals surface area (Å²) in [4.78, 5) is 13.8. The molecule has 2 rings (SSSR count). The number of amides is 1.